The number of nitrogens with two attached hydrogens (primary N) is 1. The van der Waals surface area contributed by atoms with Gasteiger partial charge in [0.1, 0.15) is 18.0 Å². The lowest BCUT2D eigenvalue weighted by Gasteiger charge is -2.23. The molecule has 4 aliphatic rings. The first-order valence-corrected chi connectivity index (χ1v) is 7.62. The highest BCUT2D eigenvalue weighted by Crippen LogP contribution is 2.42. The van der Waals surface area contributed by atoms with Gasteiger partial charge in [0.15, 0.2) is 5.69 Å². The van der Waals surface area contributed by atoms with Gasteiger partial charge in [0.2, 0.25) is 5.91 Å². The van der Waals surface area contributed by atoms with E-state index in [0.717, 1.165) is 19.3 Å². The summed E-state index contributed by atoms with van der Waals surface area (Å²) in [5.74, 6) is -0.601. The van der Waals surface area contributed by atoms with Crippen LogP contribution in [0.2, 0.25) is 0 Å². The number of carbonyl (C=O) groups is 2. The molecule has 3 heterocycles. The molecule has 0 spiro atoms. The lowest BCUT2D eigenvalue weighted by molar-refractivity contribution is -0.149. The number of rotatable bonds is 3. The third-order valence-corrected chi connectivity index (χ3v) is 4.81. The van der Waals surface area contributed by atoms with E-state index in [-0.39, 0.29) is 11.6 Å². The Bertz CT molecular complexity index is 730. The maximum absolute atomic E-state index is 12.4. The molecule has 0 aromatic carbocycles. The van der Waals surface area contributed by atoms with Crippen molar-refractivity contribution in [3.8, 4) is 11.3 Å². The summed E-state index contributed by atoms with van der Waals surface area (Å²) >= 11 is 0. The van der Waals surface area contributed by atoms with Gasteiger partial charge in [0, 0.05) is 12.6 Å². The number of fused-ring (bicyclic) bond motifs is 2. The molecule has 1 aliphatic carbocycles. The number of hydrogen-bond donors (Lipinski definition) is 1. The minimum atomic E-state index is -0.653. The number of carbonyl (C=O) groups excluding carboxylic acids is 2. The van der Waals surface area contributed by atoms with Gasteiger partial charge in [-0.3, -0.25) is 4.79 Å². The zero-order valence-electron chi connectivity index (χ0n) is 12.3. The van der Waals surface area contributed by atoms with Crippen LogP contribution in [0.25, 0.3) is 11.3 Å². The van der Waals surface area contributed by atoms with E-state index in [1.807, 2.05) is 0 Å². The highest BCUT2D eigenvalue weighted by atomic mass is 16.7. The minimum absolute atomic E-state index is 0.0737. The van der Waals surface area contributed by atoms with Gasteiger partial charge in [-0.1, -0.05) is 6.42 Å². The fourth-order valence-corrected chi connectivity index (χ4v) is 3.80. The third kappa shape index (κ3) is 2.26. The van der Waals surface area contributed by atoms with Gasteiger partial charge in [-0.2, -0.15) is 0 Å². The summed E-state index contributed by atoms with van der Waals surface area (Å²) in [6.07, 6.45) is 5.90. The molecular weight excluding hydrogens is 300 g/mol. The summed E-state index contributed by atoms with van der Waals surface area (Å²) in [6.45, 7) is 0.528. The van der Waals surface area contributed by atoms with E-state index in [1.165, 1.54) is 17.6 Å². The van der Waals surface area contributed by atoms with Crippen molar-refractivity contribution in [2.24, 2.45) is 17.6 Å². The fourth-order valence-electron chi connectivity index (χ4n) is 3.80. The van der Waals surface area contributed by atoms with Crippen LogP contribution in [-0.2, 0) is 9.63 Å². The van der Waals surface area contributed by atoms with Crippen LogP contribution < -0.4 is 5.73 Å². The molecule has 1 amide bonds. The Balaban J connectivity index is 1.55. The van der Waals surface area contributed by atoms with Crippen molar-refractivity contribution in [1.29, 1.82) is 0 Å². The summed E-state index contributed by atoms with van der Waals surface area (Å²) < 4.78 is 5.05. The lowest BCUT2D eigenvalue weighted by atomic mass is 9.94. The first-order valence-electron chi connectivity index (χ1n) is 7.62. The summed E-state index contributed by atoms with van der Waals surface area (Å²) in [5, 5.41) is 9.17. The van der Waals surface area contributed by atoms with Crippen molar-refractivity contribution in [3.63, 3.8) is 0 Å². The Kier molecular flexibility index (Phi) is 3.26. The number of hydrogen-bond acceptors (Lipinski definition) is 7. The second-order valence-electron chi connectivity index (χ2n) is 6.08. The Morgan fingerprint density at radius 1 is 1.35 bits per heavy atom. The molecule has 3 atom stereocenters. The molecule has 8 heteroatoms. The zero-order valence-corrected chi connectivity index (χ0v) is 12.3. The highest BCUT2D eigenvalue weighted by molar-refractivity contribution is 5.94. The number of hydroxylamine groups is 2. The fraction of sp³-hybridized carbons (Fsp3) is 0.467. The topological polar surface area (TPSA) is 112 Å². The molecule has 2 fully saturated rings. The molecule has 3 unspecified atom stereocenters. The first kappa shape index (κ1) is 14.1. The average molecular weight is 316 g/mol. The van der Waals surface area contributed by atoms with Crippen molar-refractivity contribution in [3.05, 3.63) is 24.3 Å². The van der Waals surface area contributed by atoms with Crippen LogP contribution in [0.1, 0.15) is 29.8 Å². The molecule has 120 valence electrons. The number of primary amides is 1. The number of amides is 1. The Hall–Kier alpha value is -2.48. The summed E-state index contributed by atoms with van der Waals surface area (Å²) in [5.41, 5.74) is 6.62. The van der Waals surface area contributed by atoms with Gasteiger partial charge in [-0.15, -0.1) is 15.3 Å². The first-order chi connectivity index (χ1) is 11.1. The van der Waals surface area contributed by atoms with Gasteiger partial charge >= 0.3 is 5.97 Å². The maximum atomic E-state index is 12.4. The molecule has 1 saturated heterocycles. The van der Waals surface area contributed by atoms with Crippen molar-refractivity contribution < 1.29 is 18.8 Å². The number of aromatic nitrogens is 2. The van der Waals surface area contributed by atoms with Crippen LogP contribution in [0.3, 0.4) is 0 Å². The summed E-state index contributed by atoms with van der Waals surface area (Å²) in [4.78, 5) is 29.6. The van der Waals surface area contributed by atoms with Gasteiger partial charge < -0.3 is 15.0 Å². The van der Waals surface area contributed by atoms with Crippen LogP contribution >= 0.6 is 0 Å². The van der Waals surface area contributed by atoms with Crippen molar-refractivity contribution >= 4 is 11.9 Å². The van der Waals surface area contributed by atoms with Crippen LogP contribution in [-0.4, -0.2) is 39.7 Å². The largest absolute Gasteiger partial charge is 0.472 e. The van der Waals surface area contributed by atoms with Crippen molar-refractivity contribution in [1.82, 2.24) is 15.3 Å². The van der Waals surface area contributed by atoms with E-state index in [4.69, 9.17) is 15.0 Å². The van der Waals surface area contributed by atoms with Crippen molar-refractivity contribution in [2.45, 2.75) is 25.3 Å². The van der Waals surface area contributed by atoms with E-state index >= 15 is 0 Å². The average Bonchev–Trinajstić information content (AvgIpc) is 3.19. The van der Waals surface area contributed by atoms with E-state index in [1.54, 1.807) is 6.07 Å². The van der Waals surface area contributed by atoms with Gasteiger partial charge in [0.05, 0.1) is 11.8 Å². The predicted molar refractivity (Wildman–Crippen MR) is 76.9 cm³/mol. The number of nitrogens with zero attached hydrogens (tertiary/aromatic N) is 3. The molecule has 0 aromatic heterocycles. The molecule has 8 nitrogen and oxygen atoms in total. The molecule has 0 radical (unpaired) electrons. The summed E-state index contributed by atoms with van der Waals surface area (Å²) in [6, 6.07) is 1.05. The molecule has 2 N–H and O–H groups in total. The second kappa shape index (κ2) is 5.31. The lowest BCUT2D eigenvalue weighted by Crippen LogP contribution is -2.44. The van der Waals surface area contributed by atoms with Gasteiger partial charge in [-0.05, 0) is 24.7 Å². The summed E-state index contributed by atoms with van der Waals surface area (Å²) in [7, 11) is 0. The van der Waals surface area contributed by atoms with E-state index in [2.05, 4.69) is 10.2 Å². The van der Waals surface area contributed by atoms with Crippen LogP contribution in [0.4, 0.5) is 0 Å². The van der Waals surface area contributed by atoms with E-state index in [0.29, 0.717) is 23.7 Å². The SMILES string of the molecule is NC(=O)C1C2CCCC2CN1OC(=O)c1nnc2ccocc1-2. The molecule has 23 heavy (non-hydrogen) atoms. The van der Waals surface area contributed by atoms with E-state index in [9.17, 15) is 9.59 Å². The van der Waals surface area contributed by atoms with Crippen LogP contribution in [0.15, 0.2) is 23.0 Å². The normalized spacial score (nSPS) is 27.2. The molecule has 4 rings (SSSR count). The molecule has 3 aliphatic heterocycles. The highest BCUT2D eigenvalue weighted by Gasteiger charge is 2.49. The van der Waals surface area contributed by atoms with E-state index < -0.39 is 17.9 Å². The standard InChI is InChI=1S/C15H16N4O4/c16-14(20)13-9-3-1-2-8(9)6-19(13)23-15(21)12-10-7-22-5-4-11(10)17-18-12/h4-5,7-9,13H,1-3,6H2,(H2,16,20). The zero-order chi connectivity index (χ0) is 16.0. The van der Waals surface area contributed by atoms with Gasteiger partial charge in [-0.25, -0.2) is 4.79 Å². The van der Waals surface area contributed by atoms with Crippen LogP contribution in [0, 0.1) is 11.8 Å². The molecule has 0 aromatic rings. The van der Waals surface area contributed by atoms with Crippen molar-refractivity contribution in [2.75, 3.05) is 6.54 Å². The Morgan fingerprint density at radius 2 is 2.22 bits per heavy atom. The Labute approximate surface area is 131 Å². The smallest absolute Gasteiger partial charge is 0.378 e. The second-order valence-corrected chi connectivity index (χ2v) is 6.08. The third-order valence-electron chi connectivity index (χ3n) is 4.81. The van der Waals surface area contributed by atoms with Gasteiger partial charge in [0.25, 0.3) is 0 Å². The maximum Gasteiger partial charge on any atom is 0.378 e. The van der Waals surface area contributed by atoms with Crippen LogP contribution in [0.5, 0.6) is 0 Å². The minimum Gasteiger partial charge on any atom is -0.472 e. The quantitative estimate of drug-likeness (QED) is 0.892. The monoisotopic (exact) mass is 316 g/mol. The predicted octanol–water partition coefficient (Wildman–Crippen LogP) is 0.832. The molecular formula is C15H16N4O4. The molecule has 1 saturated carbocycles. The Morgan fingerprint density at radius 3 is 3.04 bits per heavy atom. The molecule has 0 bridgehead atoms.